The van der Waals surface area contributed by atoms with Gasteiger partial charge in [-0.25, -0.2) is 0 Å². The summed E-state index contributed by atoms with van der Waals surface area (Å²) in [6.45, 7) is 1.97. The van der Waals surface area contributed by atoms with E-state index in [1.807, 2.05) is 41.3 Å². The Labute approximate surface area is 146 Å². The Balaban J connectivity index is 0.00000169. The van der Waals surface area contributed by atoms with Crippen LogP contribution in [0.4, 0.5) is 5.69 Å². The SMILES string of the molecule is Cl.O=C(Nc1cccc2[nH]ccc12)c1ccn(C2CCCNC2)n1. The van der Waals surface area contributed by atoms with Crippen molar-refractivity contribution in [1.82, 2.24) is 20.1 Å². The zero-order chi connectivity index (χ0) is 15.6. The second-order valence-electron chi connectivity index (χ2n) is 5.88. The van der Waals surface area contributed by atoms with Crippen molar-refractivity contribution in [1.29, 1.82) is 0 Å². The Morgan fingerprint density at radius 2 is 2.21 bits per heavy atom. The average molecular weight is 346 g/mol. The van der Waals surface area contributed by atoms with Gasteiger partial charge in [0.1, 0.15) is 0 Å². The van der Waals surface area contributed by atoms with Crippen LogP contribution in [0.3, 0.4) is 0 Å². The summed E-state index contributed by atoms with van der Waals surface area (Å²) in [4.78, 5) is 15.6. The van der Waals surface area contributed by atoms with Crippen molar-refractivity contribution in [2.45, 2.75) is 18.9 Å². The van der Waals surface area contributed by atoms with E-state index >= 15 is 0 Å². The fourth-order valence-electron chi connectivity index (χ4n) is 3.10. The number of piperidine rings is 1. The minimum Gasteiger partial charge on any atom is -0.361 e. The fraction of sp³-hybridized carbons (Fsp3) is 0.294. The van der Waals surface area contributed by atoms with Gasteiger partial charge in [-0.1, -0.05) is 6.07 Å². The molecular weight excluding hydrogens is 326 g/mol. The summed E-state index contributed by atoms with van der Waals surface area (Å²) in [6.07, 6.45) is 5.99. The number of anilines is 1. The highest BCUT2D eigenvalue weighted by Gasteiger charge is 2.18. The predicted molar refractivity (Wildman–Crippen MR) is 96.9 cm³/mol. The molecule has 1 aromatic carbocycles. The van der Waals surface area contributed by atoms with Gasteiger partial charge in [-0.15, -0.1) is 12.4 Å². The number of carbonyl (C=O) groups is 1. The van der Waals surface area contributed by atoms with Crippen LogP contribution in [0.2, 0.25) is 0 Å². The highest BCUT2D eigenvalue weighted by atomic mass is 35.5. The number of hydrogen-bond acceptors (Lipinski definition) is 3. The maximum absolute atomic E-state index is 12.5. The maximum atomic E-state index is 12.5. The number of nitrogens with one attached hydrogen (secondary N) is 3. The molecule has 4 rings (SSSR count). The predicted octanol–water partition coefficient (Wildman–Crippen LogP) is 2.96. The molecule has 7 heteroatoms. The van der Waals surface area contributed by atoms with E-state index in [0.717, 1.165) is 42.5 Å². The molecule has 1 atom stereocenters. The summed E-state index contributed by atoms with van der Waals surface area (Å²) in [5.74, 6) is -0.179. The first-order valence-corrected chi connectivity index (χ1v) is 7.94. The second-order valence-corrected chi connectivity index (χ2v) is 5.88. The normalized spacial score (nSPS) is 17.4. The number of benzene rings is 1. The molecule has 1 saturated heterocycles. The van der Waals surface area contributed by atoms with Crippen molar-refractivity contribution in [3.63, 3.8) is 0 Å². The minimum atomic E-state index is -0.179. The average Bonchev–Trinajstić information content (AvgIpc) is 3.25. The molecule has 3 aromatic rings. The van der Waals surface area contributed by atoms with Crippen LogP contribution in [0.25, 0.3) is 10.9 Å². The largest absolute Gasteiger partial charge is 0.361 e. The Kier molecular flexibility index (Phi) is 4.87. The number of aromatic amines is 1. The molecule has 6 nitrogen and oxygen atoms in total. The summed E-state index contributed by atoms with van der Waals surface area (Å²) in [5, 5.41) is 11.8. The van der Waals surface area contributed by atoms with Crippen LogP contribution in [0.15, 0.2) is 42.7 Å². The van der Waals surface area contributed by atoms with Crippen molar-refractivity contribution >= 4 is 34.9 Å². The number of aromatic nitrogens is 3. The zero-order valence-electron chi connectivity index (χ0n) is 13.2. The van der Waals surface area contributed by atoms with Gasteiger partial charge in [-0.05, 0) is 43.7 Å². The molecule has 2 aromatic heterocycles. The van der Waals surface area contributed by atoms with Crippen LogP contribution in [0.5, 0.6) is 0 Å². The number of amides is 1. The lowest BCUT2D eigenvalue weighted by atomic mass is 10.1. The standard InChI is InChI=1S/C17H19N5O.ClH/c23-17(20-15-5-1-4-14-13(15)6-9-19-14)16-7-10-22(21-16)12-3-2-8-18-11-12;/h1,4-7,9-10,12,18-19H,2-3,8,11H2,(H,20,23);1H. The molecule has 1 amide bonds. The highest BCUT2D eigenvalue weighted by molar-refractivity contribution is 6.07. The zero-order valence-corrected chi connectivity index (χ0v) is 14.0. The summed E-state index contributed by atoms with van der Waals surface area (Å²) in [5.41, 5.74) is 2.24. The monoisotopic (exact) mass is 345 g/mol. The third kappa shape index (κ3) is 3.16. The lowest BCUT2D eigenvalue weighted by molar-refractivity contribution is 0.102. The maximum Gasteiger partial charge on any atom is 0.276 e. The van der Waals surface area contributed by atoms with Crippen LogP contribution in [-0.2, 0) is 0 Å². The van der Waals surface area contributed by atoms with E-state index < -0.39 is 0 Å². The Bertz CT molecular complexity index is 834. The van der Waals surface area contributed by atoms with Crippen molar-refractivity contribution < 1.29 is 4.79 Å². The molecular formula is C17H20ClN5O. The summed E-state index contributed by atoms with van der Waals surface area (Å²) < 4.78 is 1.90. The fourth-order valence-corrected chi connectivity index (χ4v) is 3.10. The van der Waals surface area contributed by atoms with E-state index in [-0.39, 0.29) is 18.3 Å². The number of halogens is 1. The van der Waals surface area contributed by atoms with Crippen LogP contribution >= 0.6 is 12.4 Å². The van der Waals surface area contributed by atoms with Gasteiger partial charge >= 0.3 is 0 Å². The Morgan fingerprint density at radius 1 is 1.29 bits per heavy atom. The van der Waals surface area contributed by atoms with E-state index in [1.165, 1.54) is 0 Å². The third-order valence-electron chi connectivity index (χ3n) is 4.33. The Morgan fingerprint density at radius 3 is 3.04 bits per heavy atom. The van der Waals surface area contributed by atoms with E-state index in [2.05, 4.69) is 20.7 Å². The van der Waals surface area contributed by atoms with E-state index in [4.69, 9.17) is 0 Å². The first kappa shape index (κ1) is 16.5. The molecule has 126 valence electrons. The van der Waals surface area contributed by atoms with Gasteiger partial charge in [0.05, 0.1) is 11.7 Å². The molecule has 3 heterocycles. The second kappa shape index (κ2) is 7.07. The smallest absolute Gasteiger partial charge is 0.276 e. The molecule has 0 radical (unpaired) electrons. The van der Waals surface area contributed by atoms with Crippen LogP contribution < -0.4 is 10.6 Å². The van der Waals surface area contributed by atoms with Crippen molar-refractivity contribution in [3.8, 4) is 0 Å². The van der Waals surface area contributed by atoms with Gasteiger partial charge in [0.15, 0.2) is 5.69 Å². The first-order valence-electron chi connectivity index (χ1n) is 7.94. The number of nitrogens with zero attached hydrogens (tertiary/aromatic N) is 2. The number of hydrogen-bond donors (Lipinski definition) is 3. The molecule has 1 aliphatic heterocycles. The summed E-state index contributed by atoms with van der Waals surface area (Å²) in [7, 11) is 0. The van der Waals surface area contributed by atoms with E-state index in [1.54, 1.807) is 6.07 Å². The molecule has 0 bridgehead atoms. The molecule has 0 saturated carbocycles. The Hall–Kier alpha value is -2.31. The van der Waals surface area contributed by atoms with E-state index in [9.17, 15) is 4.79 Å². The van der Waals surface area contributed by atoms with Gasteiger partial charge in [0, 0.05) is 29.8 Å². The van der Waals surface area contributed by atoms with Crippen LogP contribution in [0.1, 0.15) is 29.4 Å². The van der Waals surface area contributed by atoms with Gasteiger partial charge < -0.3 is 15.6 Å². The quantitative estimate of drug-likeness (QED) is 0.683. The minimum absolute atomic E-state index is 0. The lowest BCUT2D eigenvalue weighted by Crippen LogP contribution is -2.32. The molecule has 24 heavy (non-hydrogen) atoms. The van der Waals surface area contributed by atoms with Gasteiger partial charge in [-0.2, -0.15) is 5.10 Å². The van der Waals surface area contributed by atoms with Gasteiger partial charge in [0.25, 0.3) is 5.91 Å². The first-order chi connectivity index (χ1) is 11.3. The molecule has 0 aliphatic carbocycles. The van der Waals surface area contributed by atoms with Crippen LogP contribution in [0, 0.1) is 0 Å². The number of carbonyl (C=O) groups excluding carboxylic acids is 1. The number of rotatable bonds is 3. The molecule has 0 spiro atoms. The van der Waals surface area contributed by atoms with Crippen molar-refractivity contribution in [2.75, 3.05) is 18.4 Å². The lowest BCUT2D eigenvalue weighted by Gasteiger charge is -2.22. The van der Waals surface area contributed by atoms with Gasteiger partial charge in [0.2, 0.25) is 0 Å². The van der Waals surface area contributed by atoms with Gasteiger partial charge in [-0.3, -0.25) is 9.48 Å². The third-order valence-corrected chi connectivity index (χ3v) is 4.33. The summed E-state index contributed by atoms with van der Waals surface area (Å²) in [6, 6.07) is 9.86. The van der Waals surface area contributed by atoms with Crippen molar-refractivity contribution in [2.24, 2.45) is 0 Å². The van der Waals surface area contributed by atoms with E-state index in [0.29, 0.717) is 11.7 Å². The number of fused-ring (bicyclic) bond motifs is 1. The molecule has 3 N–H and O–H groups in total. The number of H-pyrrole nitrogens is 1. The molecule has 1 unspecified atom stereocenters. The highest BCUT2D eigenvalue weighted by Crippen LogP contribution is 2.23. The van der Waals surface area contributed by atoms with Crippen LogP contribution in [-0.4, -0.2) is 33.8 Å². The summed E-state index contributed by atoms with van der Waals surface area (Å²) >= 11 is 0. The topological polar surface area (TPSA) is 74.7 Å². The molecule has 1 fully saturated rings. The van der Waals surface area contributed by atoms with Crippen molar-refractivity contribution in [3.05, 3.63) is 48.4 Å². The molecule has 1 aliphatic rings.